The summed E-state index contributed by atoms with van der Waals surface area (Å²) >= 11 is 0. The minimum absolute atomic E-state index is 0.00489. The summed E-state index contributed by atoms with van der Waals surface area (Å²) in [5, 5.41) is 3.02. The first-order valence-corrected chi connectivity index (χ1v) is 6.98. The first-order chi connectivity index (χ1) is 9.58. The van der Waals surface area contributed by atoms with Crippen LogP contribution in [0.3, 0.4) is 0 Å². The van der Waals surface area contributed by atoms with E-state index in [9.17, 15) is 4.79 Å². The van der Waals surface area contributed by atoms with Crippen molar-refractivity contribution >= 4 is 5.91 Å². The maximum Gasteiger partial charge on any atom is 0.251 e. The van der Waals surface area contributed by atoms with Crippen molar-refractivity contribution in [1.29, 1.82) is 0 Å². The maximum atomic E-state index is 12.2. The highest BCUT2D eigenvalue weighted by molar-refractivity contribution is 5.95. The average molecular weight is 267 g/mol. The number of benzene rings is 2. The molecule has 104 valence electrons. The van der Waals surface area contributed by atoms with Gasteiger partial charge in [-0.15, -0.1) is 0 Å². The van der Waals surface area contributed by atoms with Crippen LogP contribution >= 0.6 is 0 Å². The van der Waals surface area contributed by atoms with Crippen molar-refractivity contribution in [2.75, 3.05) is 6.54 Å². The van der Waals surface area contributed by atoms with Crippen molar-refractivity contribution in [3.8, 4) is 0 Å². The topological polar surface area (TPSA) is 29.1 Å². The van der Waals surface area contributed by atoms with Crippen molar-refractivity contribution in [3.63, 3.8) is 0 Å². The molecule has 1 atom stereocenters. The van der Waals surface area contributed by atoms with Gasteiger partial charge in [-0.3, -0.25) is 4.79 Å². The molecule has 2 rings (SSSR count). The van der Waals surface area contributed by atoms with E-state index in [0.717, 1.165) is 11.1 Å². The summed E-state index contributed by atoms with van der Waals surface area (Å²) in [6.45, 7) is 6.78. The third-order valence-corrected chi connectivity index (χ3v) is 3.56. The Morgan fingerprint density at radius 1 is 1.10 bits per heavy atom. The third kappa shape index (κ3) is 3.47. The first kappa shape index (κ1) is 14.3. The van der Waals surface area contributed by atoms with Crippen LogP contribution in [0.4, 0.5) is 0 Å². The second-order valence-corrected chi connectivity index (χ2v) is 5.34. The quantitative estimate of drug-likeness (QED) is 0.896. The zero-order chi connectivity index (χ0) is 14.5. The minimum Gasteiger partial charge on any atom is -0.351 e. The number of amides is 1. The van der Waals surface area contributed by atoms with Crippen LogP contribution in [-0.4, -0.2) is 12.5 Å². The Morgan fingerprint density at radius 2 is 1.80 bits per heavy atom. The Bertz CT molecular complexity index is 590. The lowest BCUT2D eigenvalue weighted by atomic mass is 10.0. The number of carbonyl (C=O) groups excluding carboxylic acids is 1. The largest absolute Gasteiger partial charge is 0.351 e. The summed E-state index contributed by atoms with van der Waals surface area (Å²) in [6.07, 6.45) is 0. The predicted molar refractivity (Wildman–Crippen MR) is 83.1 cm³/mol. The summed E-state index contributed by atoms with van der Waals surface area (Å²) < 4.78 is 0. The minimum atomic E-state index is 0.00489. The maximum absolute atomic E-state index is 12.2. The van der Waals surface area contributed by atoms with Gasteiger partial charge >= 0.3 is 0 Å². The second kappa shape index (κ2) is 6.38. The molecule has 0 aliphatic heterocycles. The second-order valence-electron chi connectivity index (χ2n) is 5.34. The molecule has 2 nitrogen and oxygen atoms in total. The predicted octanol–water partition coefficient (Wildman–Crippen LogP) is 3.84. The molecule has 0 bridgehead atoms. The van der Waals surface area contributed by atoms with E-state index in [-0.39, 0.29) is 5.91 Å². The van der Waals surface area contributed by atoms with Crippen molar-refractivity contribution < 1.29 is 4.79 Å². The van der Waals surface area contributed by atoms with Crippen molar-refractivity contribution in [3.05, 3.63) is 70.8 Å². The van der Waals surface area contributed by atoms with Gasteiger partial charge in [0.2, 0.25) is 0 Å². The lowest BCUT2D eigenvalue weighted by molar-refractivity contribution is 0.0951. The van der Waals surface area contributed by atoms with Gasteiger partial charge in [-0.2, -0.15) is 0 Å². The van der Waals surface area contributed by atoms with Crippen LogP contribution in [0.2, 0.25) is 0 Å². The lowest BCUT2D eigenvalue weighted by Crippen LogP contribution is -2.28. The molecule has 0 heterocycles. The summed E-state index contributed by atoms with van der Waals surface area (Å²) in [7, 11) is 0. The standard InChI is InChI=1S/C18H21NO/c1-13-9-10-17(14(2)11-13)18(20)19-12-15(3)16-7-5-4-6-8-16/h4-11,15H,12H2,1-3H3,(H,19,20)/t15-/m1/s1. The SMILES string of the molecule is Cc1ccc(C(=O)NC[C@@H](C)c2ccccc2)c(C)c1. The summed E-state index contributed by atoms with van der Waals surface area (Å²) in [5.41, 5.74) is 4.20. The fraction of sp³-hybridized carbons (Fsp3) is 0.278. The van der Waals surface area contributed by atoms with Gasteiger partial charge in [-0.05, 0) is 37.0 Å². The van der Waals surface area contributed by atoms with Crippen molar-refractivity contribution in [2.45, 2.75) is 26.7 Å². The summed E-state index contributed by atoms with van der Waals surface area (Å²) in [4.78, 5) is 12.2. The molecule has 0 saturated heterocycles. The summed E-state index contributed by atoms with van der Waals surface area (Å²) in [5.74, 6) is 0.316. The van der Waals surface area contributed by atoms with Gasteiger partial charge in [0.25, 0.3) is 5.91 Å². The number of nitrogens with one attached hydrogen (secondary N) is 1. The van der Waals surface area contributed by atoms with Crippen molar-refractivity contribution in [2.24, 2.45) is 0 Å². The molecule has 1 amide bonds. The van der Waals surface area contributed by atoms with Crippen molar-refractivity contribution in [1.82, 2.24) is 5.32 Å². The van der Waals surface area contributed by atoms with E-state index < -0.39 is 0 Å². The molecule has 1 N–H and O–H groups in total. The molecule has 0 spiro atoms. The zero-order valence-electron chi connectivity index (χ0n) is 12.3. The van der Waals surface area contributed by atoms with Gasteiger partial charge in [0.05, 0.1) is 0 Å². The molecule has 2 aromatic rings. The fourth-order valence-electron chi connectivity index (χ4n) is 2.31. The molecule has 0 fully saturated rings. The van der Waals surface area contributed by atoms with E-state index in [0.29, 0.717) is 12.5 Å². The van der Waals surface area contributed by atoms with Crippen LogP contribution in [0.25, 0.3) is 0 Å². The van der Waals surface area contributed by atoms with E-state index in [1.807, 2.05) is 50.2 Å². The van der Waals surface area contributed by atoms with E-state index in [4.69, 9.17) is 0 Å². The van der Waals surface area contributed by atoms with Crippen LogP contribution in [0, 0.1) is 13.8 Å². The molecule has 2 heteroatoms. The van der Waals surface area contributed by atoms with Gasteiger partial charge in [-0.25, -0.2) is 0 Å². The van der Waals surface area contributed by atoms with Gasteiger partial charge in [0, 0.05) is 12.1 Å². The molecule has 0 aromatic heterocycles. The Labute approximate surface area is 120 Å². The number of aryl methyl sites for hydroxylation is 2. The van der Waals surface area contributed by atoms with Crippen LogP contribution in [0.5, 0.6) is 0 Å². The third-order valence-electron chi connectivity index (χ3n) is 3.56. The van der Waals surface area contributed by atoms with E-state index >= 15 is 0 Å². The molecule has 0 unspecified atom stereocenters. The number of rotatable bonds is 4. The molecule has 0 aliphatic rings. The van der Waals surface area contributed by atoms with Crippen LogP contribution < -0.4 is 5.32 Å². The van der Waals surface area contributed by atoms with Gasteiger partial charge in [0.1, 0.15) is 0 Å². The highest BCUT2D eigenvalue weighted by Crippen LogP contribution is 2.14. The van der Waals surface area contributed by atoms with Crippen LogP contribution in [-0.2, 0) is 0 Å². The van der Waals surface area contributed by atoms with E-state index in [1.54, 1.807) is 0 Å². The smallest absolute Gasteiger partial charge is 0.251 e. The van der Waals surface area contributed by atoms with Crippen LogP contribution in [0.1, 0.15) is 39.9 Å². The zero-order valence-corrected chi connectivity index (χ0v) is 12.3. The van der Waals surface area contributed by atoms with Gasteiger partial charge in [-0.1, -0.05) is 55.0 Å². The monoisotopic (exact) mass is 267 g/mol. The Hall–Kier alpha value is -2.09. The highest BCUT2D eigenvalue weighted by Gasteiger charge is 2.11. The molecule has 0 aliphatic carbocycles. The number of hydrogen-bond donors (Lipinski definition) is 1. The Balaban J connectivity index is 1.99. The Morgan fingerprint density at radius 3 is 2.45 bits per heavy atom. The molecular formula is C18H21NO. The van der Waals surface area contributed by atoms with E-state index in [1.165, 1.54) is 11.1 Å². The number of carbonyl (C=O) groups is 1. The Kier molecular flexibility index (Phi) is 4.57. The van der Waals surface area contributed by atoms with Gasteiger partial charge in [0.15, 0.2) is 0 Å². The highest BCUT2D eigenvalue weighted by atomic mass is 16.1. The number of hydrogen-bond acceptors (Lipinski definition) is 1. The van der Waals surface area contributed by atoms with Crippen LogP contribution in [0.15, 0.2) is 48.5 Å². The lowest BCUT2D eigenvalue weighted by Gasteiger charge is -2.14. The van der Waals surface area contributed by atoms with E-state index in [2.05, 4.69) is 24.4 Å². The average Bonchev–Trinajstić information content (AvgIpc) is 2.45. The summed E-state index contributed by atoms with van der Waals surface area (Å²) in [6, 6.07) is 16.1. The molecule has 0 saturated carbocycles. The molecule has 0 radical (unpaired) electrons. The normalized spacial score (nSPS) is 11.9. The molecule has 20 heavy (non-hydrogen) atoms. The molecule has 2 aromatic carbocycles. The molecular weight excluding hydrogens is 246 g/mol. The fourth-order valence-corrected chi connectivity index (χ4v) is 2.31. The van der Waals surface area contributed by atoms with Gasteiger partial charge < -0.3 is 5.32 Å². The first-order valence-electron chi connectivity index (χ1n) is 6.98.